The summed E-state index contributed by atoms with van der Waals surface area (Å²) in [5, 5.41) is 22.3. The highest BCUT2D eigenvalue weighted by molar-refractivity contribution is 6.23. The highest BCUT2D eigenvalue weighted by atomic mass is 16.3. The van der Waals surface area contributed by atoms with Crippen molar-refractivity contribution in [1.29, 1.82) is 0 Å². The molecule has 4 aromatic rings. The second kappa shape index (κ2) is 12.3. The van der Waals surface area contributed by atoms with Crippen molar-refractivity contribution in [2.75, 3.05) is 30.3 Å². The smallest absolute Gasteiger partial charge is 0.262 e. The zero-order chi connectivity index (χ0) is 31.8. The van der Waals surface area contributed by atoms with Crippen LogP contribution >= 0.6 is 0 Å². The molecule has 2 aromatic heterocycles. The third-order valence-electron chi connectivity index (χ3n) is 9.02. The number of nitrogens with zero attached hydrogens (tertiary/aromatic N) is 5. The number of aliphatic hydroxyl groups is 1. The second-order valence-corrected chi connectivity index (χ2v) is 12.1. The molecule has 3 aliphatic rings. The summed E-state index contributed by atoms with van der Waals surface area (Å²) in [6.07, 6.45) is 10.00. The van der Waals surface area contributed by atoms with Gasteiger partial charge in [0.05, 0.1) is 52.9 Å². The van der Waals surface area contributed by atoms with Crippen molar-refractivity contribution in [3.05, 3.63) is 66.1 Å². The van der Waals surface area contributed by atoms with Crippen LogP contribution in [0.3, 0.4) is 0 Å². The lowest BCUT2D eigenvalue weighted by atomic mass is 9.77. The molecule has 2 aromatic carbocycles. The molecule has 0 spiro atoms. The Morgan fingerprint density at radius 1 is 0.913 bits per heavy atom. The van der Waals surface area contributed by atoms with E-state index in [9.17, 15) is 19.2 Å². The summed E-state index contributed by atoms with van der Waals surface area (Å²) in [6, 6.07) is 10.2. The fourth-order valence-electron chi connectivity index (χ4n) is 6.49. The molecule has 1 saturated carbocycles. The summed E-state index contributed by atoms with van der Waals surface area (Å²) in [5.74, 6) is -1.41. The molecule has 236 valence electrons. The van der Waals surface area contributed by atoms with Crippen LogP contribution in [0, 0.1) is 5.92 Å². The fraction of sp³-hybridized carbons (Fsp3) is 0.364. The standard InChI is InChI=1S/C33H34N8O5/c42-11-10-35-22-4-6-26-27(15-22)36-17-28(38-26)20-16-37-40(18-20)23-12-19(13-23)2-1-9-34-21-3-5-24-25(14-21)33(46)41(32(24)45)29-7-8-30(43)39-31(29)44/h3-6,14-19,23,29,34-35,42H,1-2,7-13H2,(H,39,43,44). The van der Waals surface area contributed by atoms with Gasteiger partial charge in [-0.2, -0.15) is 5.10 Å². The average molecular weight is 623 g/mol. The topological polar surface area (TPSA) is 171 Å². The molecule has 1 saturated heterocycles. The highest BCUT2D eigenvalue weighted by Gasteiger charge is 2.44. The third kappa shape index (κ3) is 5.69. The first kappa shape index (κ1) is 29.5. The summed E-state index contributed by atoms with van der Waals surface area (Å²) in [6.45, 7) is 1.27. The molecular formula is C33H34N8O5. The molecule has 2 aliphatic heterocycles. The van der Waals surface area contributed by atoms with Crippen molar-refractivity contribution in [2.24, 2.45) is 5.92 Å². The maximum Gasteiger partial charge on any atom is 0.262 e. The Labute approximate surface area is 264 Å². The van der Waals surface area contributed by atoms with E-state index in [4.69, 9.17) is 10.1 Å². The molecule has 4 N–H and O–H groups in total. The van der Waals surface area contributed by atoms with Crippen LogP contribution in [-0.2, 0) is 9.59 Å². The van der Waals surface area contributed by atoms with Crippen LogP contribution in [0.5, 0.6) is 0 Å². The number of aliphatic hydroxyl groups excluding tert-OH is 1. The number of piperidine rings is 1. The predicted octanol–water partition coefficient (Wildman–Crippen LogP) is 3.14. The van der Waals surface area contributed by atoms with E-state index in [0.29, 0.717) is 18.5 Å². The number of amides is 4. The molecule has 4 amide bonds. The number of hydrogen-bond donors (Lipinski definition) is 4. The first-order valence-corrected chi connectivity index (χ1v) is 15.6. The Morgan fingerprint density at radius 3 is 2.52 bits per heavy atom. The molecule has 13 nitrogen and oxygen atoms in total. The molecule has 13 heteroatoms. The van der Waals surface area contributed by atoms with Gasteiger partial charge in [-0.25, -0.2) is 4.98 Å². The zero-order valence-corrected chi connectivity index (χ0v) is 25.1. The number of carbonyl (C=O) groups excluding carboxylic acids is 4. The van der Waals surface area contributed by atoms with E-state index in [0.717, 1.165) is 70.8 Å². The number of rotatable bonds is 11. The minimum absolute atomic E-state index is 0.0629. The van der Waals surface area contributed by atoms with Gasteiger partial charge in [0.15, 0.2) is 0 Å². The lowest BCUT2D eigenvalue weighted by Crippen LogP contribution is -2.54. The van der Waals surface area contributed by atoms with Gasteiger partial charge in [-0.05, 0) is 74.4 Å². The molecule has 0 bridgehead atoms. The minimum Gasteiger partial charge on any atom is -0.395 e. The number of anilines is 2. The highest BCUT2D eigenvalue weighted by Crippen LogP contribution is 2.40. The van der Waals surface area contributed by atoms with Crippen molar-refractivity contribution in [1.82, 2.24) is 30.0 Å². The van der Waals surface area contributed by atoms with Crippen LogP contribution in [0.1, 0.15) is 65.3 Å². The maximum atomic E-state index is 13.1. The van der Waals surface area contributed by atoms with E-state index >= 15 is 0 Å². The van der Waals surface area contributed by atoms with E-state index in [1.54, 1.807) is 24.4 Å². The van der Waals surface area contributed by atoms with Crippen LogP contribution < -0.4 is 16.0 Å². The number of aromatic nitrogens is 4. The summed E-state index contributed by atoms with van der Waals surface area (Å²) >= 11 is 0. The van der Waals surface area contributed by atoms with Crippen LogP contribution in [0.2, 0.25) is 0 Å². The average Bonchev–Trinajstić information content (AvgIpc) is 3.61. The van der Waals surface area contributed by atoms with E-state index in [2.05, 4.69) is 26.0 Å². The van der Waals surface area contributed by atoms with Crippen molar-refractivity contribution in [2.45, 2.75) is 50.6 Å². The molecule has 4 heterocycles. The van der Waals surface area contributed by atoms with Gasteiger partial charge in [-0.3, -0.25) is 39.1 Å². The van der Waals surface area contributed by atoms with Crippen LogP contribution in [0.15, 0.2) is 55.0 Å². The lowest BCUT2D eigenvalue weighted by Gasteiger charge is -2.35. The van der Waals surface area contributed by atoms with Crippen LogP contribution in [0.4, 0.5) is 11.4 Å². The molecular weight excluding hydrogens is 588 g/mol. The monoisotopic (exact) mass is 622 g/mol. The van der Waals surface area contributed by atoms with Gasteiger partial charge in [-0.1, -0.05) is 0 Å². The van der Waals surface area contributed by atoms with Gasteiger partial charge in [0.1, 0.15) is 6.04 Å². The molecule has 1 aliphatic carbocycles. The largest absolute Gasteiger partial charge is 0.395 e. The van der Waals surface area contributed by atoms with Crippen molar-refractivity contribution in [3.8, 4) is 11.3 Å². The van der Waals surface area contributed by atoms with Gasteiger partial charge in [0.25, 0.3) is 11.8 Å². The summed E-state index contributed by atoms with van der Waals surface area (Å²) in [7, 11) is 0. The Kier molecular flexibility index (Phi) is 7.91. The van der Waals surface area contributed by atoms with E-state index in [-0.39, 0.29) is 30.6 Å². The normalized spacial score (nSPS) is 20.9. The molecule has 7 rings (SSSR count). The Bertz CT molecular complexity index is 1850. The number of fused-ring (bicyclic) bond motifs is 2. The zero-order valence-electron chi connectivity index (χ0n) is 25.1. The predicted molar refractivity (Wildman–Crippen MR) is 169 cm³/mol. The number of imide groups is 2. The van der Waals surface area contributed by atoms with E-state index in [1.165, 1.54) is 0 Å². The van der Waals surface area contributed by atoms with Crippen molar-refractivity contribution < 1.29 is 24.3 Å². The van der Waals surface area contributed by atoms with Gasteiger partial charge in [0.2, 0.25) is 11.8 Å². The number of nitrogens with one attached hydrogen (secondary N) is 3. The van der Waals surface area contributed by atoms with Gasteiger partial charge in [-0.15, -0.1) is 0 Å². The minimum atomic E-state index is -0.969. The lowest BCUT2D eigenvalue weighted by molar-refractivity contribution is -0.136. The Morgan fingerprint density at radius 2 is 1.70 bits per heavy atom. The van der Waals surface area contributed by atoms with Gasteiger partial charge >= 0.3 is 0 Å². The van der Waals surface area contributed by atoms with Crippen molar-refractivity contribution in [3.63, 3.8) is 0 Å². The third-order valence-corrected chi connectivity index (χ3v) is 9.02. The quantitative estimate of drug-likeness (QED) is 0.144. The Balaban J connectivity index is 0.878. The summed E-state index contributed by atoms with van der Waals surface area (Å²) < 4.78 is 2.03. The first-order valence-electron chi connectivity index (χ1n) is 15.6. The molecule has 1 unspecified atom stereocenters. The maximum absolute atomic E-state index is 13.1. The first-order chi connectivity index (χ1) is 22.4. The number of carbonyl (C=O) groups is 4. The van der Waals surface area contributed by atoms with E-state index < -0.39 is 29.7 Å². The number of hydrogen-bond acceptors (Lipinski definition) is 10. The molecule has 2 fully saturated rings. The fourth-order valence-corrected chi connectivity index (χ4v) is 6.49. The van der Waals surface area contributed by atoms with E-state index in [1.807, 2.05) is 35.3 Å². The SMILES string of the molecule is O=C1CCC(N2C(=O)c3ccc(NCCCC4CC(n5cc(-c6cnc7cc(NCCO)ccc7n6)cn5)C4)cc3C2=O)C(=O)N1. The van der Waals surface area contributed by atoms with Gasteiger partial charge in [0, 0.05) is 42.6 Å². The molecule has 0 radical (unpaired) electrons. The second-order valence-electron chi connectivity index (χ2n) is 12.1. The summed E-state index contributed by atoms with van der Waals surface area (Å²) in [5.41, 5.74) is 5.47. The summed E-state index contributed by atoms with van der Waals surface area (Å²) in [4.78, 5) is 60.1. The number of benzene rings is 2. The Hall–Kier alpha value is -5.17. The van der Waals surface area contributed by atoms with Crippen LogP contribution in [0.25, 0.3) is 22.3 Å². The van der Waals surface area contributed by atoms with Crippen LogP contribution in [-0.4, -0.2) is 79.1 Å². The molecule has 46 heavy (non-hydrogen) atoms. The van der Waals surface area contributed by atoms with Crippen molar-refractivity contribution >= 4 is 46.0 Å². The molecule has 1 atom stereocenters. The van der Waals surface area contributed by atoms with Gasteiger partial charge < -0.3 is 15.7 Å².